The van der Waals surface area contributed by atoms with Gasteiger partial charge >= 0.3 is 233 Å². The Kier molecular flexibility index (Phi) is 19.4. The monoisotopic (exact) mass is 708 g/mol. The minimum atomic E-state index is -2.49. The third kappa shape index (κ3) is 11.7. The van der Waals surface area contributed by atoms with Crippen LogP contribution in [-0.2, 0) is 0 Å². The van der Waals surface area contributed by atoms with E-state index in [1.165, 1.54) is 103 Å². The van der Waals surface area contributed by atoms with Crippen LogP contribution in [0.5, 0.6) is 0 Å². The molecule has 0 heterocycles. The van der Waals surface area contributed by atoms with Crippen LogP contribution in [0.1, 0.15) is 157 Å². The first kappa shape index (κ1) is 34.6. The summed E-state index contributed by atoms with van der Waals surface area (Å²) in [7, 11) is 0. The molecule has 1 nitrogen and oxygen atoms in total. The number of aliphatic hydroxyl groups is 1. The number of hydrogen-bond donors (Lipinski definition) is 1. The average Bonchev–Trinajstić information content (AvgIpc) is 2.88. The van der Waals surface area contributed by atoms with Crippen molar-refractivity contribution in [3.8, 4) is 0 Å². The number of unbranched alkanes of at least 4 members (excludes halogenated alkanes) is 6. The number of rotatable bonds is 22. The normalized spacial score (nSPS) is 16.8. The molecular weight excluding hydrogens is 638 g/mol. The van der Waals surface area contributed by atoms with Gasteiger partial charge in [0.1, 0.15) is 0 Å². The fourth-order valence-electron chi connectivity index (χ4n) is 7.84. The molecule has 1 aliphatic rings. The summed E-state index contributed by atoms with van der Waals surface area (Å²) in [4.78, 5) is 0. The molecule has 0 spiro atoms. The van der Waals surface area contributed by atoms with Crippen LogP contribution in [0.25, 0.3) is 0 Å². The van der Waals surface area contributed by atoms with E-state index in [1.54, 1.807) is 26.6 Å². The molecule has 0 atom stereocenters. The maximum atomic E-state index is 12.2. The first-order chi connectivity index (χ1) is 16.9. The molecule has 1 saturated carbocycles. The fraction of sp³-hybridized carbons (Fsp3) is 1.00. The summed E-state index contributed by atoms with van der Waals surface area (Å²) in [6, 6.07) is 0. The Labute approximate surface area is 231 Å². The summed E-state index contributed by atoms with van der Waals surface area (Å²) in [6.07, 6.45) is 24.7. The van der Waals surface area contributed by atoms with Gasteiger partial charge in [-0.3, -0.25) is 0 Å². The van der Waals surface area contributed by atoms with Crippen molar-refractivity contribution in [1.29, 1.82) is 0 Å². The van der Waals surface area contributed by atoms with Crippen LogP contribution in [0.3, 0.4) is 0 Å². The van der Waals surface area contributed by atoms with Gasteiger partial charge in [0, 0.05) is 0 Å². The van der Waals surface area contributed by atoms with E-state index in [9.17, 15) is 5.11 Å². The predicted octanol–water partition coefficient (Wildman–Crippen LogP) is 11.7. The SMILES string of the molecule is CCC[CH2][Sn]([CH2]CCC)([CH2]CCC)[CH](CC1(O)CCCCC1)[Sn]([CH2]CCC)([CH2]CCC)[CH2]CCC. The molecule has 1 N–H and O–H groups in total. The van der Waals surface area contributed by atoms with E-state index in [-0.39, 0.29) is 5.60 Å². The zero-order chi connectivity index (χ0) is 26.0. The van der Waals surface area contributed by atoms with Gasteiger partial charge in [0.25, 0.3) is 0 Å². The Balaban J connectivity index is 3.69. The van der Waals surface area contributed by atoms with Crippen LogP contribution in [-0.4, -0.2) is 47.5 Å². The van der Waals surface area contributed by atoms with E-state index in [1.807, 2.05) is 0 Å². The molecule has 0 saturated heterocycles. The third-order valence-corrected chi connectivity index (χ3v) is 66.2. The van der Waals surface area contributed by atoms with Crippen molar-refractivity contribution in [3.05, 3.63) is 0 Å². The molecule has 0 bridgehead atoms. The second-order valence-corrected chi connectivity index (χ2v) is 45.7. The van der Waals surface area contributed by atoms with E-state index in [0.717, 1.165) is 14.8 Å². The van der Waals surface area contributed by atoms with E-state index in [4.69, 9.17) is 0 Å². The van der Waals surface area contributed by atoms with Crippen LogP contribution in [0, 0.1) is 0 Å². The van der Waals surface area contributed by atoms with Crippen molar-refractivity contribution in [2.24, 2.45) is 0 Å². The van der Waals surface area contributed by atoms with Gasteiger partial charge < -0.3 is 0 Å². The minimum absolute atomic E-state index is 0.303. The van der Waals surface area contributed by atoms with Crippen molar-refractivity contribution in [2.75, 3.05) is 0 Å². The topological polar surface area (TPSA) is 20.2 Å². The number of hydrogen-bond acceptors (Lipinski definition) is 1. The van der Waals surface area contributed by atoms with Gasteiger partial charge in [0.05, 0.1) is 0 Å². The molecule has 1 aliphatic carbocycles. The summed E-state index contributed by atoms with van der Waals surface area (Å²) in [5.41, 5.74) is -0.303. The van der Waals surface area contributed by atoms with Gasteiger partial charge in [-0.2, -0.15) is 0 Å². The summed E-state index contributed by atoms with van der Waals surface area (Å²) in [5, 5.41) is 12.2. The molecule has 210 valence electrons. The Morgan fingerprint density at radius 2 is 0.800 bits per heavy atom. The Hall–Kier alpha value is 1.56. The van der Waals surface area contributed by atoms with E-state index in [0.29, 0.717) is 0 Å². The second-order valence-electron chi connectivity index (χ2n) is 12.9. The summed E-state index contributed by atoms with van der Waals surface area (Å²) in [6.45, 7) is 14.7. The molecule has 0 aromatic rings. The molecule has 0 amide bonds. The van der Waals surface area contributed by atoms with Crippen molar-refractivity contribution < 1.29 is 5.11 Å². The van der Waals surface area contributed by atoms with Gasteiger partial charge in [0.2, 0.25) is 0 Å². The van der Waals surface area contributed by atoms with E-state index in [2.05, 4.69) is 41.5 Å². The van der Waals surface area contributed by atoms with Crippen LogP contribution in [0.15, 0.2) is 0 Å². The summed E-state index contributed by atoms with van der Waals surface area (Å²) >= 11 is -4.97. The predicted molar refractivity (Wildman–Crippen MR) is 166 cm³/mol. The molecule has 0 radical (unpaired) electrons. The Bertz CT molecular complexity index is 424. The van der Waals surface area contributed by atoms with Gasteiger partial charge in [0.15, 0.2) is 0 Å². The maximum absolute atomic E-state index is 12.2. The van der Waals surface area contributed by atoms with Crippen LogP contribution in [0.4, 0.5) is 0 Å². The fourth-order valence-corrected chi connectivity index (χ4v) is 86.0. The van der Waals surface area contributed by atoms with Crippen LogP contribution < -0.4 is 0 Å². The average molecular weight is 706 g/mol. The first-order valence-corrected chi connectivity index (χ1v) is 32.0. The van der Waals surface area contributed by atoms with Crippen molar-refractivity contribution in [3.63, 3.8) is 0 Å². The third-order valence-electron chi connectivity index (χ3n) is 10.0. The van der Waals surface area contributed by atoms with Gasteiger partial charge in [-0.05, 0) is 0 Å². The Morgan fingerprint density at radius 1 is 0.514 bits per heavy atom. The second kappa shape index (κ2) is 19.6. The Morgan fingerprint density at radius 3 is 1.06 bits per heavy atom. The molecule has 3 heteroatoms. The van der Waals surface area contributed by atoms with Gasteiger partial charge in [-0.1, -0.05) is 0 Å². The molecule has 0 aliphatic heterocycles. The molecule has 0 aromatic carbocycles. The van der Waals surface area contributed by atoms with Gasteiger partial charge in [-0.25, -0.2) is 0 Å². The van der Waals surface area contributed by atoms with Crippen molar-refractivity contribution in [2.45, 2.75) is 191 Å². The van der Waals surface area contributed by atoms with Crippen LogP contribution >= 0.6 is 0 Å². The quantitative estimate of drug-likeness (QED) is 0.111. The molecule has 0 unspecified atom stereocenters. The van der Waals surface area contributed by atoms with Crippen LogP contribution in [0.2, 0.25) is 28.6 Å². The van der Waals surface area contributed by atoms with E-state index >= 15 is 0 Å². The zero-order valence-electron chi connectivity index (χ0n) is 25.5. The van der Waals surface area contributed by atoms with Gasteiger partial charge in [-0.15, -0.1) is 0 Å². The summed E-state index contributed by atoms with van der Waals surface area (Å²) < 4.78 is 11.1. The standard InChI is InChI=1S/C8H14O.6C4H9.2Sn/c1-2-8(9)6-4-3-5-7-8;6*1-3-4-2;;/h1,9H,2-7H2;6*1,3-4H2,2H3;;. The first-order valence-electron chi connectivity index (χ1n) is 16.6. The molecular formula is C32H68OSn2. The van der Waals surface area contributed by atoms with Crippen molar-refractivity contribution in [1.82, 2.24) is 0 Å². The van der Waals surface area contributed by atoms with E-state index < -0.39 is 36.8 Å². The summed E-state index contributed by atoms with van der Waals surface area (Å²) in [5.74, 6) is 0. The molecule has 0 aromatic heterocycles. The molecule has 1 fully saturated rings. The van der Waals surface area contributed by atoms with Crippen molar-refractivity contribution >= 4 is 36.8 Å². The zero-order valence-corrected chi connectivity index (χ0v) is 31.2. The molecule has 35 heavy (non-hydrogen) atoms. The molecule has 1 rings (SSSR count).